The third-order valence-corrected chi connectivity index (χ3v) is 4.58. The molecule has 7 heteroatoms. The molecule has 0 bridgehead atoms. The first-order chi connectivity index (χ1) is 11.0. The number of nitrogens with one attached hydrogen (secondary N) is 2. The van der Waals surface area contributed by atoms with E-state index in [1.165, 1.54) is 12.1 Å². The normalized spacial score (nSPS) is 12.0. The molecular formula is C16H20N3O3S+. The molecule has 0 aliphatic rings. The van der Waals surface area contributed by atoms with Crippen molar-refractivity contribution in [3.05, 3.63) is 60.2 Å². The third-order valence-electron chi connectivity index (χ3n) is 3.20. The van der Waals surface area contributed by atoms with Gasteiger partial charge in [-0.1, -0.05) is 36.4 Å². The van der Waals surface area contributed by atoms with Crippen LogP contribution in [0.5, 0.6) is 5.75 Å². The Morgan fingerprint density at radius 1 is 1.13 bits per heavy atom. The summed E-state index contributed by atoms with van der Waals surface area (Å²) in [4.78, 5) is 3.02. The Morgan fingerprint density at radius 2 is 1.78 bits per heavy atom. The van der Waals surface area contributed by atoms with Gasteiger partial charge in [0.1, 0.15) is 10.6 Å². The molecule has 4 N–H and O–H groups in total. The lowest BCUT2D eigenvalue weighted by molar-refractivity contribution is -0.459. The van der Waals surface area contributed by atoms with Crippen LogP contribution in [-0.4, -0.2) is 28.0 Å². The fourth-order valence-electron chi connectivity index (χ4n) is 2.08. The van der Waals surface area contributed by atoms with Gasteiger partial charge in [0, 0.05) is 6.42 Å². The first-order valence-electron chi connectivity index (χ1n) is 7.09. The van der Waals surface area contributed by atoms with E-state index in [0.717, 1.165) is 11.3 Å². The zero-order valence-corrected chi connectivity index (χ0v) is 13.6. The van der Waals surface area contributed by atoms with Crippen LogP contribution in [-0.2, 0) is 16.4 Å². The van der Waals surface area contributed by atoms with E-state index in [4.69, 9.17) is 10.5 Å². The first-order valence-corrected chi connectivity index (χ1v) is 8.57. The third kappa shape index (κ3) is 4.72. The molecule has 0 amide bonds. The number of hydrogen-bond acceptors (Lipinski definition) is 3. The van der Waals surface area contributed by atoms with E-state index >= 15 is 0 Å². The van der Waals surface area contributed by atoms with Crippen molar-refractivity contribution in [2.45, 2.75) is 11.3 Å². The molecule has 2 rings (SSSR count). The van der Waals surface area contributed by atoms with Gasteiger partial charge in [-0.05, 0) is 23.8 Å². The molecule has 0 spiro atoms. The molecule has 122 valence electrons. The second-order valence-electron chi connectivity index (χ2n) is 4.82. The average Bonchev–Trinajstić information content (AvgIpc) is 2.55. The van der Waals surface area contributed by atoms with Crippen molar-refractivity contribution >= 4 is 16.0 Å². The molecule has 23 heavy (non-hydrogen) atoms. The molecule has 0 aliphatic carbocycles. The summed E-state index contributed by atoms with van der Waals surface area (Å²) in [5, 5.41) is 0. The maximum atomic E-state index is 12.1. The van der Waals surface area contributed by atoms with Gasteiger partial charge >= 0.3 is 16.0 Å². The number of nitrogens with two attached hydrogens (primary N) is 1. The monoisotopic (exact) mass is 334 g/mol. The molecule has 0 aliphatic heterocycles. The Kier molecular flexibility index (Phi) is 5.59. The van der Waals surface area contributed by atoms with Crippen LogP contribution in [0.25, 0.3) is 0 Å². The van der Waals surface area contributed by atoms with E-state index in [2.05, 4.69) is 9.71 Å². The maximum absolute atomic E-state index is 12.1. The molecule has 0 saturated heterocycles. The van der Waals surface area contributed by atoms with Crippen molar-refractivity contribution in [3.63, 3.8) is 0 Å². The average molecular weight is 334 g/mol. The topological polar surface area (TPSA) is 95.4 Å². The van der Waals surface area contributed by atoms with Gasteiger partial charge in [0.2, 0.25) is 0 Å². The van der Waals surface area contributed by atoms with Gasteiger partial charge in [-0.3, -0.25) is 10.7 Å². The van der Waals surface area contributed by atoms with Gasteiger partial charge in [-0.25, -0.2) is 0 Å². The molecule has 6 nitrogen and oxygen atoms in total. The number of para-hydroxylation sites is 1. The van der Waals surface area contributed by atoms with E-state index in [1.807, 2.05) is 24.3 Å². The molecule has 0 heterocycles. The maximum Gasteiger partial charge on any atom is 0.356 e. The Morgan fingerprint density at radius 3 is 2.48 bits per heavy atom. The minimum atomic E-state index is -3.67. The molecule has 0 fully saturated rings. The summed E-state index contributed by atoms with van der Waals surface area (Å²) in [6, 6.07) is 15.7. The summed E-state index contributed by atoms with van der Waals surface area (Å²) < 4.78 is 31.8. The van der Waals surface area contributed by atoms with Crippen molar-refractivity contribution in [2.75, 3.05) is 13.7 Å². The van der Waals surface area contributed by atoms with Crippen LogP contribution in [0.3, 0.4) is 0 Å². The molecule has 2 aromatic carbocycles. The number of rotatable bonds is 6. The summed E-state index contributed by atoms with van der Waals surface area (Å²) in [5.41, 5.74) is 6.73. The van der Waals surface area contributed by atoms with Crippen LogP contribution in [0.2, 0.25) is 0 Å². The van der Waals surface area contributed by atoms with Gasteiger partial charge in [0.25, 0.3) is 0 Å². The Labute approximate surface area is 136 Å². The van der Waals surface area contributed by atoms with E-state index < -0.39 is 10.0 Å². The van der Waals surface area contributed by atoms with E-state index in [0.29, 0.717) is 13.0 Å². The van der Waals surface area contributed by atoms with Crippen LogP contribution in [0, 0.1) is 0 Å². The summed E-state index contributed by atoms with van der Waals surface area (Å²) in [7, 11) is -2.05. The Hall–Kier alpha value is -2.54. The minimum absolute atomic E-state index is 0.0104. The number of guanidine groups is 1. The number of benzene rings is 2. The predicted octanol–water partition coefficient (Wildman–Crippen LogP) is -0.388. The highest BCUT2D eigenvalue weighted by molar-refractivity contribution is 7.90. The lowest BCUT2D eigenvalue weighted by atomic mass is 10.1. The summed E-state index contributed by atoms with van der Waals surface area (Å²) in [6.07, 6.45) is 0.651. The molecule has 0 saturated carbocycles. The fourth-order valence-corrected chi connectivity index (χ4v) is 3.08. The van der Waals surface area contributed by atoms with E-state index in [9.17, 15) is 8.42 Å². The number of hydrogen-bond donors (Lipinski definition) is 3. The lowest BCUT2D eigenvalue weighted by Gasteiger charge is -2.06. The highest BCUT2D eigenvalue weighted by Crippen LogP contribution is 2.16. The molecule has 0 radical (unpaired) electrons. The minimum Gasteiger partial charge on any atom is -0.496 e. The quantitative estimate of drug-likeness (QED) is 0.495. The SMILES string of the molecule is COc1ccccc1CC[NH+]=C(N)NS(=O)(=O)c1ccccc1. The van der Waals surface area contributed by atoms with Gasteiger partial charge in [0.05, 0.1) is 13.7 Å². The fraction of sp³-hybridized carbons (Fsp3) is 0.188. The van der Waals surface area contributed by atoms with Crippen molar-refractivity contribution in [2.24, 2.45) is 5.73 Å². The Balaban J connectivity index is 1.98. The number of methoxy groups -OCH3 is 1. The Bertz CT molecular complexity index is 774. The van der Waals surface area contributed by atoms with Crippen molar-refractivity contribution in [1.29, 1.82) is 0 Å². The van der Waals surface area contributed by atoms with Crippen LogP contribution >= 0.6 is 0 Å². The second-order valence-corrected chi connectivity index (χ2v) is 6.50. The lowest BCUT2D eigenvalue weighted by Crippen LogP contribution is -2.79. The van der Waals surface area contributed by atoms with Gasteiger partial charge < -0.3 is 4.74 Å². The van der Waals surface area contributed by atoms with Crippen LogP contribution in [0.1, 0.15) is 5.56 Å². The number of ether oxygens (including phenoxy) is 1. The van der Waals surface area contributed by atoms with Crippen molar-refractivity contribution in [1.82, 2.24) is 4.72 Å². The molecular weight excluding hydrogens is 314 g/mol. The summed E-state index contributed by atoms with van der Waals surface area (Å²) in [6.45, 7) is 0.476. The van der Waals surface area contributed by atoms with E-state index in [1.54, 1.807) is 25.3 Å². The first kappa shape index (κ1) is 16.8. The standard InChI is InChI=1S/C16H19N3O3S/c1-22-15-10-6-5-7-13(15)11-12-18-16(17)19-23(20,21)14-8-3-2-4-9-14/h2-10H,11-12H2,1H3,(H3,17,18,19)/p+1. The van der Waals surface area contributed by atoms with Crippen LogP contribution < -0.4 is 20.2 Å². The van der Waals surface area contributed by atoms with Crippen molar-refractivity contribution in [3.8, 4) is 5.75 Å². The zero-order chi connectivity index (χ0) is 16.7. The van der Waals surface area contributed by atoms with Crippen LogP contribution in [0.15, 0.2) is 59.5 Å². The zero-order valence-electron chi connectivity index (χ0n) is 12.8. The summed E-state index contributed by atoms with van der Waals surface area (Å²) >= 11 is 0. The molecule has 2 aromatic rings. The van der Waals surface area contributed by atoms with Gasteiger partial charge in [-0.2, -0.15) is 13.1 Å². The van der Waals surface area contributed by atoms with Gasteiger partial charge in [0.15, 0.2) is 0 Å². The number of sulfonamides is 1. The second kappa shape index (κ2) is 7.64. The molecule has 0 aromatic heterocycles. The largest absolute Gasteiger partial charge is 0.496 e. The summed E-state index contributed by atoms with van der Waals surface area (Å²) in [5.74, 6) is 0.779. The highest BCUT2D eigenvalue weighted by atomic mass is 32.2. The smallest absolute Gasteiger partial charge is 0.356 e. The molecule has 0 unspecified atom stereocenters. The van der Waals surface area contributed by atoms with Gasteiger partial charge in [-0.15, -0.1) is 0 Å². The predicted molar refractivity (Wildman–Crippen MR) is 88.5 cm³/mol. The van der Waals surface area contributed by atoms with Crippen molar-refractivity contribution < 1.29 is 18.1 Å². The highest BCUT2D eigenvalue weighted by Gasteiger charge is 2.18. The molecule has 0 atom stereocenters. The van der Waals surface area contributed by atoms with Crippen LogP contribution in [0.4, 0.5) is 0 Å². The van der Waals surface area contributed by atoms with E-state index in [-0.39, 0.29) is 10.9 Å².